The van der Waals surface area contributed by atoms with Gasteiger partial charge in [0.1, 0.15) is 22.1 Å². The molecule has 1 aliphatic rings. The SMILES string of the molecule is COc1ccc(C(=O)OCC(=O)Nc2sc3c(c2C(N)=O)CCCC3)c(OC)c1. The van der Waals surface area contributed by atoms with E-state index in [0.29, 0.717) is 16.3 Å². The van der Waals surface area contributed by atoms with Crippen molar-refractivity contribution in [2.75, 3.05) is 26.1 Å². The second-order valence-electron chi connectivity index (χ2n) is 6.47. The minimum atomic E-state index is -0.708. The van der Waals surface area contributed by atoms with Crippen molar-refractivity contribution in [1.29, 1.82) is 0 Å². The molecule has 3 N–H and O–H groups in total. The summed E-state index contributed by atoms with van der Waals surface area (Å²) < 4.78 is 15.4. The van der Waals surface area contributed by atoms with E-state index in [4.69, 9.17) is 19.9 Å². The van der Waals surface area contributed by atoms with Crippen molar-refractivity contribution >= 4 is 34.1 Å². The second kappa shape index (κ2) is 8.95. The van der Waals surface area contributed by atoms with Crippen molar-refractivity contribution in [3.8, 4) is 11.5 Å². The van der Waals surface area contributed by atoms with E-state index in [0.717, 1.165) is 36.1 Å². The molecule has 0 saturated heterocycles. The predicted molar refractivity (Wildman–Crippen MR) is 108 cm³/mol. The molecule has 2 amide bonds. The van der Waals surface area contributed by atoms with E-state index in [2.05, 4.69) is 5.32 Å². The molecule has 0 fully saturated rings. The zero-order valence-corrected chi connectivity index (χ0v) is 17.0. The van der Waals surface area contributed by atoms with Crippen molar-refractivity contribution in [2.45, 2.75) is 25.7 Å². The van der Waals surface area contributed by atoms with Gasteiger partial charge in [-0.1, -0.05) is 0 Å². The van der Waals surface area contributed by atoms with Gasteiger partial charge in [-0.2, -0.15) is 0 Å². The van der Waals surface area contributed by atoms with Crippen LogP contribution >= 0.6 is 11.3 Å². The number of esters is 1. The molecule has 0 atom stereocenters. The Kier molecular flexibility index (Phi) is 6.38. The first-order chi connectivity index (χ1) is 13.9. The van der Waals surface area contributed by atoms with E-state index in [1.807, 2.05) is 0 Å². The third-order valence-corrected chi connectivity index (χ3v) is 5.84. The molecule has 0 radical (unpaired) electrons. The fourth-order valence-corrected chi connectivity index (χ4v) is 4.56. The average molecular weight is 418 g/mol. The van der Waals surface area contributed by atoms with Gasteiger partial charge in [0.25, 0.3) is 11.8 Å². The summed E-state index contributed by atoms with van der Waals surface area (Å²) in [6.45, 7) is -0.505. The number of methoxy groups -OCH3 is 2. The number of rotatable bonds is 7. The Morgan fingerprint density at radius 2 is 1.90 bits per heavy atom. The molecule has 8 nitrogen and oxygen atoms in total. The number of anilines is 1. The van der Waals surface area contributed by atoms with Crippen molar-refractivity contribution in [3.63, 3.8) is 0 Å². The number of aryl methyl sites for hydroxylation is 1. The Morgan fingerprint density at radius 3 is 2.59 bits per heavy atom. The number of benzene rings is 1. The van der Waals surface area contributed by atoms with Gasteiger partial charge < -0.3 is 25.3 Å². The first-order valence-electron chi connectivity index (χ1n) is 9.08. The lowest BCUT2D eigenvalue weighted by atomic mass is 9.95. The summed E-state index contributed by atoms with van der Waals surface area (Å²) in [6.07, 6.45) is 3.66. The van der Waals surface area contributed by atoms with Crippen LogP contribution in [0.2, 0.25) is 0 Å². The quantitative estimate of drug-likeness (QED) is 0.668. The van der Waals surface area contributed by atoms with Crippen molar-refractivity contribution < 1.29 is 28.6 Å². The van der Waals surface area contributed by atoms with Gasteiger partial charge in [-0.3, -0.25) is 9.59 Å². The molecule has 1 aromatic carbocycles. The highest BCUT2D eigenvalue weighted by molar-refractivity contribution is 7.17. The van der Waals surface area contributed by atoms with Crippen LogP contribution in [-0.2, 0) is 22.4 Å². The van der Waals surface area contributed by atoms with Crippen molar-refractivity contribution in [2.24, 2.45) is 5.73 Å². The van der Waals surface area contributed by atoms with E-state index < -0.39 is 24.4 Å². The number of hydrogen-bond acceptors (Lipinski definition) is 7. The third-order valence-electron chi connectivity index (χ3n) is 4.63. The summed E-state index contributed by atoms with van der Waals surface area (Å²) in [7, 11) is 2.92. The maximum atomic E-state index is 12.3. The number of primary amides is 1. The summed E-state index contributed by atoms with van der Waals surface area (Å²) in [4.78, 5) is 37.6. The lowest BCUT2D eigenvalue weighted by Crippen LogP contribution is -2.23. The van der Waals surface area contributed by atoms with Crippen LogP contribution in [0.3, 0.4) is 0 Å². The van der Waals surface area contributed by atoms with E-state index in [1.54, 1.807) is 12.1 Å². The number of nitrogens with two attached hydrogens (primary N) is 1. The second-order valence-corrected chi connectivity index (χ2v) is 7.57. The summed E-state index contributed by atoms with van der Waals surface area (Å²) in [5.41, 5.74) is 6.97. The standard InChI is InChI=1S/C20H22N2O6S/c1-26-11-7-8-12(14(9-11)27-2)20(25)28-10-16(23)22-19-17(18(21)24)13-5-3-4-6-15(13)29-19/h7-9H,3-6,10H2,1-2H3,(H2,21,24)(H,22,23). The Bertz CT molecular complexity index is 953. The number of hydrogen-bond donors (Lipinski definition) is 2. The van der Waals surface area contributed by atoms with E-state index >= 15 is 0 Å². The lowest BCUT2D eigenvalue weighted by molar-refractivity contribution is -0.119. The Hall–Kier alpha value is -3.07. The number of carbonyl (C=O) groups is 3. The maximum Gasteiger partial charge on any atom is 0.342 e. The molecule has 0 aliphatic heterocycles. The number of ether oxygens (including phenoxy) is 3. The zero-order chi connectivity index (χ0) is 21.0. The molecule has 1 aliphatic carbocycles. The average Bonchev–Trinajstić information content (AvgIpc) is 3.09. The highest BCUT2D eigenvalue weighted by Gasteiger charge is 2.25. The van der Waals surface area contributed by atoms with Crippen molar-refractivity contribution in [1.82, 2.24) is 0 Å². The highest BCUT2D eigenvalue weighted by Crippen LogP contribution is 2.37. The van der Waals surface area contributed by atoms with Crippen LogP contribution in [-0.4, -0.2) is 38.6 Å². The maximum absolute atomic E-state index is 12.3. The van der Waals surface area contributed by atoms with Crippen LogP contribution in [0.15, 0.2) is 18.2 Å². The van der Waals surface area contributed by atoms with Gasteiger partial charge >= 0.3 is 5.97 Å². The molecule has 0 spiro atoms. The number of amides is 2. The largest absolute Gasteiger partial charge is 0.497 e. The highest BCUT2D eigenvalue weighted by atomic mass is 32.1. The smallest absolute Gasteiger partial charge is 0.342 e. The summed E-state index contributed by atoms with van der Waals surface area (Å²) >= 11 is 1.35. The summed E-state index contributed by atoms with van der Waals surface area (Å²) in [5.74, 6) is -1.03. The minimum absolute atomic E-state index is 0.172. The van der Waals surface area contributed by atoms with Gasteiger partial charge in [-0.25, -0.2) is 4.79 Å². The first-order valence-corrected chi connectivity index (χ1v) is 9.89. The molecular formula is C20H22N2O6S. The normalized spacial score (nSPS) is 12.6. The fraction of sp³-hybridized carbons (Fsp3) is 0.350. The molecule has 3 rings (SSSR count). The van der Waals surface area contributed by atoms with Crippen LogP contribution in [0.5, 0.6) is 11.5 Å². The Morgan fingerprint density at radius 1 is 1.14 bits per heavy atom. The monoisotopic (exact) mass is 418 g/mol. The molecule has 0 bridgehead atoms. The van der Waals surface area contributed by atoms with E-state index in [1.165, 1.54) is 31.6 Å². The fourth-order valence-electron chi connectivity index (χ4n) is 3.25. The van der Waals surface area contributed by atoms with Gasteiger partial charge in [0.2, 0.25) is 0 Å². The van der Waals surface area contributed by atoms with Gasteiger partial charge in [-0.15, -0.1) is 11.3 Å². The van der Waals surface area contributed by atoms with Crippen LogP contribution in [0, 0.1) is 0 Å². The van der Waals surface area contributed by atoms with Crippen LogP contribution < -0.4 is 20.5 Å². The Labute approximate surface area is 171 Å². The number of fused-ring (bicyclic) bond motifs is 1. The lowest BCUT2D eigenvalue weighted by Gasteiger charge is -2.11. The topological polar surface area (TPSA) is 117 Å². The summed E-state index contributed by atoms with van der Waals surface area (Å²) in [5, 5.41) is 3.06. The molecule has 0 saturated carbocycles. The molecule has 29 heavy (non-hydrogen) atoms. The van der Waals surface area contributed by atoms with Gasteiger partial charge in [-0.05, 0) is 43.4 Å². The Balaban J connectivity index is 1.67. The zero-order valence-electron chi connectivity index (χ0n) is 16.2. The van der Waals surface area contributed by atoms with Crippen LogP contribution in [0.4, 0.5) is 5.00 Å². The molecule has 1 heterocycles. The van der Waals surface area contributed by atoms with E-state index in [-0.39, 0.29) is 11.3 Å². The predicted octanol–water partition coefficient (Wildman–Crippen LogP) is 2.54. The summed E-state index contributed by atoms with van der Waals surface area (Å²) in [6, 6.07) is 4.64. The number of carbonyl (C=O) groups excluding carboxylic acids is 3. The van der Waals surface area contributed by atoms with Crippen molar-refractivity contribution in [3.05, 3.63) is 39.8 Å². The van der Waals surface area contributed by atoms with E-state index in [9.17, 15) is 14.4 Å². The van der Waals surface area contributed by atoms with Crippen LogP contribution in [0.1, 0.15) is 44.0 Å². The van der Waals surface area contributed by atoms with Gasteiger partial charge in [0.05, 0.1) is 19.8 Å². The molecule has 154 valence electrons. The molecule has 1 aromatic heterocycles. The number of thiophene rings is 1. The molecule has 0 unspecified atom stereocenters. The molecular weight excluding hydrogens is 396 g/mol. The number of nitrogens with one attached hydrogen (secondary N) is 1. The molecule has 9 heteroatoms. The molecule has 2 aromatic rings. The first kappa shape index (κ1) is 20.7. The van der Waals surface area contributed by atoms with Gasteiger partial charge in [0.15, 0.2) is 6.61 Å². The van der Waals surface area contributed by atoms with Gasteiger partial charge in [0, 0.05) is 10.9 Å². The van der Waals surface area contributed by atoms with Crippen LogP contribution in [0.25, 0.3) is 0 Å². The third kappa shape index (κ3) is 4.51. The minimum Gasteiger partial charge on any atom is -0.497 e.